The van der Waals surface area contributed by atoms with Crippen molar-refractivity contribution < 1.29 is 14.6 Å². The van der Waals surface area contributed by atoms with Crippen LogP contribution in [0.3, 0.4) is 0 Å². The van der Waals surface area contributed by atoms with Crippen molar-refractivity contribution in [2.45, 2.75) is 19.9 Å². The number of carbonyl (C=O) groups is 1. The van der Waals surface area contributed by atoms with Crippen LogP contribution < -0.4 is 4.74 Å². The summed E-state index contributed by atoms with van der Waals surface area (Å²) in [7, 11) is 0. The van der Waals surface area contributed by atoms with Gasteiger partial charge in [0.25, 0.3) is 0 Å². The summed E-state index contributed by atoms with van der Waals surface area (Å²) < 4.78 is 5.46. The molecule has 0 amide bonds. The number of hydrogen-bond donors (Lipinski definition) is 1. The molecule has 1 aliphatic rings. The minimum Gasteiger partial charge on any atom is -0.494 e. The van der Waals surface area contributed by atoms with Crippen molar-refractivity contribution in [1.29, 1.82) is 0 Å². The van der Waals surface area contributed by atoms with Crippen LogP contribution in [-0.2, 0) is 11.3 Å². The Hall–Kier alpha value is -1.55. The van der Waals surface area contributed by atoms with E-state index in [1.165, 1.54) is 5.56 Å². The zero-order valence-electron chi connectivity index (χ0n) is 10.6. The lowest BCUT2D eigenvalue weighted by Gasteiger charge is -2.15. The highest BCUT2D eigenvalue weighted by Gasteiger charge is 2.27. The number of hydrogen-bond acceptors (Lipinski definition) is 3. The zero-order chi connectivity index (χ0) is 13.0. The molecule has 1 aromatic carbocycles. The van der Waals surface area contributed by atoms with Crippen LogP contribution in [0.4, 0.5) is 0 Å². The number of aliphatic carboxylic acids is 1. The van der Waals surface area contributed by atoms with Crippen molar-refractivity contribution >= 4 is 5.97 Å². The number of benzene rings is 1. The van der Waals surface area contributed by atoms with Gasteiger partial charge >= 0.3 is 5.97 Å². The molecule has 1 aromatic rings. The molecular formula is C14H19NO3. The molecule has 1 saturated heterocycles. The first kappa shape index (κ1) is 12.9. The van der Waals surface area contributed by atoms with E-state index in [9.17, 15) is 4.79 Å². The van der Waals surface area contributed by atoms with Gasteiger partial charge in [0, 0.05) is 13.1 Å². The normalized spacial score (nSPS) is 19.9. The fourth-order valence-corrected chi connectivity index (χ4v) is 2.34. The molecular weight excluding hydrogens is 230 g/mol. The average Bonchev–Trinajstić information content (AvgIpc) is 2.78. The molecule has 1 atom stereocenters. The maximum absolute atomic E-state index is 10.9. The molecule has 0 bridgehead atoms. The predicted octanol–water partition coefficient (Wildman–Crippen LogP) is 1.99. The Kier molecular flexibility index (Phi) is 4.20. The number of ether oxygens (including phenoxy) is 1. The number of likely N-dealkylation sites (tertiary alicyclic amines) is 1. The second kappa shape index (κ2) is 5.87. The van der Waals surface area contributed by atoms with E-state index in [0.717, 1.165) is 25.3 Å². The molecule has 0 saturated carbocycles. The Labute approximate surface area is 107 Å². The van der Waals surface area contributed by atoms with E-state index in [1.807, 2.05) is 25.1 Å². The van der Waals surface area contributed by atoms with Crippen LogP contribution in [0.5, 0.6) is 5.75 Å². The van der Waals surface area contributed by atoms with Crippen molar-refractivity contribution in [2.75, 3.05) is 19.7 Å². The van der Waals surface area contributed by atoms with Crippen LogP contribution in [0.15, 0.2) is 24.3 Å². The van der Waals surface area contributed by atoms with Crippen LogP contribution in [0.2, 0.25) is 0 Å². The van der Waals surface area contributed by atoms with Crippen LogP contribution in [-0.4, -0.2) is 35.7 Å². The number of rotatable bonds is 5. The third-order valence-electron chi connectivity index (χ3n) is 3.24. The van der Waals surface area contributed by atoms with Gasteiger partial charge in [-0.25, -0.2) is 0 Å². The third-order valence-corrected chi connectivity index (χ3v) is 3.24. The fourth-order valence-electron chi connectivity index (χ4n) is 2.34. The van der Waals surface area contributed by atoms with Crippen LogP contribution in [0, 0.1) is 5.92 Å². The van der Waals surface area contributed by atoms with E-state index in [-0.39, 0.29) is 5.92 Å². The first-order valence-corrected chi connectivity index (χ1v) is 6.36. The molecule has 1 aliphatic heterocycles. The third kappa shape index (κ3) is 3.23. The summed E-state index contributed by atoms with van der Waals surface area (Å²) in [4.78, 5) is 13.1. The summed E-state index contributed by atoms with van der Waals surface area (Å²) in [6.07, 6.45) is 0.750. The van der Waals surface area contributed by atoms with E-state index in [4.69, 9.17) is 9.84 Å². The van der Waals surface area contributed by atoms with Gasteiger partial charge in [-0.1, -0.05) is 12.1 Å². The van der Waals surface area contributed by atoms with Gasteiger partial charge in [-0.3, -0.25) is 9.69 Å². The van der Waals surface area contributed by atoms with Crippen LogP contribution >= 0.6 is 0 Å². The lowest BCUT2D eigenvalue weighted by molar-refractivity contribution is -0.141. The zero-order valence-corrected chi connectivity index (χ0v) is 10.6. The summed E-state index contributed by atoms with van der Waals surface area (Å²) in [6.45, 7) is 4.92. The van der Waals surface area contributed by atoms with Crippen LogP contribution in [0.1, 0.15) is 18.9 Å². The Bertz CT molecular complexity index is 419. The van der Waals surface area contributed by atoms with Gasteiger partial charge in [-0.2, -0.15) is 0 Å². The Morgan fingerprint density at radius 2 is 2.39 bits per heavy atom. The van der Waals surface area contributed by atoms with E-state index in [0.29, 0.717) is 13.2 Å². The summed E-state index contributed by atoms with van der Waals surface area (Å²) in [6, 6.07) is 8.00. The predicted molar refractivity (Wildman–Crippen MR) is 68.6 cm³/mol. The van der Waals surface area contributed by atoms with Gasteiger partial charge in [0.2, 0.25) is 0 Å². The van der Waals surface area contributed by atoms with Crippen molar-refractivity contribution in [3.8, 4) is 5.75 Å². The summed E-state index contributed by atoms with van der Waals surface area (Å²) in [5, 5.41) is 8.96. The van der Waals surface area contributed by atoms with Gasteiger partial charge in [-0.05, 0) is 37.6 Å². The molecule has 0 aromatic heterocycles. The highest BCUT2D eigenvalue weighted by molar-refractivity contribution is 5.70. The maximum Gasteiger partial charge on any atom is 0.307 e. The highest BCUT2D eigenvalue weighted by Crippen LogP contribution is 2.20. The molecule has 4 heteroatoms. The van der Waals surface area contributed by atoms with Crippen molar-refractivity contribution in [2.24, 2.45) is 5.92 Å². The van der Waals surface area contributed by atoms with Gasteiger partial charge < -0.3 is 9.84 Å². The molecule has 2 rings (SSSR count). The van der Waals surface area contributed by atoms with Gasteiger partial charge in [0.1, 0.15) is 5.75 Å². The molecule has 1 unspecified atom stereocenters. The smallest absolute Gasteiger partial charge is 0.307 e. The van der Waals surface area contributed by atoms with E-state index < -0.39 is 5.97 Å². The number of nitrogens with zero attached hydrogens (tertiary/aromatic N) is 1. The summed E-state index contributed by atoms with van der Waals surface area (Å²) >= 11 is 0. The maximum atomic E-state index is 10.9. The van der Waals surface area contributed by atoms with E-state index in [1.54, 1.807) is 0 Å². The molecule has 4 nitrogen and oxygen atoms in total. The van der Waals surface area contributed by atoms with Crippen LogP contribution in [0.25, 0.3) is 0 Å². The van der Waals surface area contributed by atoms with E-state index >= 15 is 0 Å². The van der Waals surface area contributed by atoms with Crippen molar-refractivity contribution in [3.63, 3.8) is 0 Å². The van der Waals surface area contributed by atoms with Crippen molar-refractivity contribution in [1.82, 2.24) is 4.90 Å². The molecule has 1 N–H and O–H groups in total. The molecule has 1 fully saturated rings. The minimum atomic E-state index is -0.680. The van der Waals surface area contributed by atoms with Gasteiger partial charge in [-0.15, -0.1) is 0 Å². The monoisotopic (exact) mass is 249 g/mol. The van der Waals surface area contributed by atoms with Gasteiger partial charge in [0.15, 0.2) is 0 Å². The first-order chi connectivity index (χ1) is 8.69. The molecule has 98 valence electrons. The standard InChI is InChI=1S/C14H19NO3/c1-2-18-13-5-3-4-11(8-13)9-15-7-6-12(10-15)14(16)17/h3-5,8,12H,2,6-7,9-10H2,1H3,(H,16,17). The largest absolute Gasteiger partial charge is 0.494 e. The number of carboxylic acids is 1. The lowest BCUT2D eigenvalue weighted by atomic mass is 10.1. The van der Waals surface area contributed by atoms with E-state index in [2.05, 4.69) is 11.0 Å². The second-order valence-corrected chi connectivity index (χ2v) is 4.64. The fraction of sp³-hybridized carbons (Fsp3) is 0.500. The SMILES string of the molecule is CCOc1cccc(CN2CCC(C(=O)O)C2)c1. The highest BCUT2D eigenvalue weighted by atomic mass is 16.5. The minimum absolute atomic E-state index is 0.208. The quantitative estimate of drug-likeness (QED) is 0.867. The molecule has 0 radical (unpaired) electrons. The van der Waals surface area contributed by atoms with Crippen molar-refractivity contribution in [3.05, 3.63) is 29.8 Å². The second-order valence-electron chi connectivity index (χ2n) is 4.64. The Morgan fingerprint density at radius 1 is 1.56 bits per heavy atom. The molecule has 1 heterocycles. The molecule has 0 aliphatic carbocycles. The Balaban J connectivity index is 1.94. The first-order valence-electron chi connectivity index (χ1n) is 6.36. The lowest BCUT2D eigenvalue weighted by Crippen LogP contribution is -2.22. The molecule has 18 heavy (non-hydrogen) atoms. The molecule has 0 spiro atoms. The summed E-state index contributed by atoms with van der Waals surface area (Å²) in [5.74, 6) is -0.00961. The Morgan fingerprint density at radius 3 is 3.06 bits per heavy atom. The number of carboxylic acid groups (broad SMARTS) is 1. The topological polar surface area (TPSA) is 49.8 Å². The van der Waals surface area contributed by atoms with Gasteiger partial charge in [0.05, 0.1) is 12.5 Å². The summed E-state index contributed by atoms with van der Waals surface area (Å²) in [5.41, 5.74) is 1.17. The average molecular weight is 249 g/mol.